The summed E-state index contributed by atoms with van der Waals surface area (Å²) < 4.78 is 14.5. The molecule has 30 heavy (non-hydrogen) atoms. The van der Waals surface area contributed by atoms with E-state index in [4.69, 9.17) is 0 Å². The van der Waals surface area contributed by atoms with E-state index in [0.717, 1.165) is 10.5 Å². The highest BCUT2D eigenvalue weighted by atomic mass is 79.9. The normalized spacial score (nSPS) is 11.6. The molecule has 3 aromatic rings. The van der Waals surface area contributed by atoms with Crippen LogP contribution in [0.4, 0.5) is 15.8 Å². The molecule has 0 spiro atoms. The van der Waals surface area contributed by atoms with E-state index < -0.39 is 11.1 Å². The molecule has 0 bridgehead atoms. The van der Waals surface area contributed by atoms with Gasteiger partial charge >= 0.3 is 0 Å². The van der Waals surface area contributed by atoms with Crippen molar-refractivity contribution in [3.8, 4) is 0 Å². The van der Waals surface area contributed by atoms with Crippen LogP contribution in [0.3, 0.4) is 0 Å². The van der Waals surface area contributed by atoms with Gasteiger partial charge in [0.15, 0.2) is 0 Å². The Kier molecular flexibility index (Phi) is 7.29. The predicted molar refractivity (Wildman–Crippen MR) is 124 cm³/mol. The number of nitrogens with one attached hydrogen (secondary N) is 2. The number of rotatable bonds is 6. The molecule has 4 nitrogen and oxygen atoms in total. The van der Waals surface area contributed by atoms with Gasteiger partial charge in [-0.2, -0.15) is 0 Å². The van der Waals surface area contributed by atoms with Crippen LogP contribution in [0.5, 0.6) is 0 Å². The van der Waals surface area contributed by atoms with Crippen molar-refractivity contribution in [2.75, 3.05) is 10.6 Å². The Hall–Kier alpha value is -2.64. The van der Waals surface area contributed by atoms with Crippen LogP contribution in [0, 0.1) is 12.7 Å². The molecule has 0 saturated heterocycles. The lowest BCUT2D eigenvalue weighted by Gasteiger charge is -2.13. The molecule has 1 atom stereocenters. The van der Waals surface area contributed by atoms with Crippen LogP contribution < -0.4 is 10.6 Å². The maximum atomic E-state index is 13.9. The molecule has 0 aliphatic carbocycles. The van der Waals surface area contributed by atoms with Crippen LogP contribution in [0.25, 0.3) is 0 Å². The highest BCUT2D eigenvalue weighted by Gasteiger charge is 2.16. The molecular formula is C23H20BrFN2O2S. The Morgan fingerprint density at radius 2 is 1.73 bits per heavy atom. The van der Waals surface area contributed by atoms with Crippen molar-refractivity contribution < 1.29 is 14.0 Å². The minimum absolute atomic E-state index is 0.143. The largest absolute Gasteiger partial charge is 0.323 e. The van der Waals surface area contributed by atoms with Crippen LogP contribution in [-0.2, 0) is 4.79 Å². The van der Waals surface area contributed by atoms with Crippen LogP contribution in [-0.4, -0.2) is 17.1 Å². The first-order chi connectivity index (χ1) is 14.3. The molecule has 1 unspecified atom stereocenters. The Balaban J connectivity index is 1.58. The summed E-state index contributed by atoms with van der Waals surface area (Å²) >= 11 is 4.54. The summed E-state index contributed by atoms with van der Waals surface area (Å²) in [5.74, 6) is -0.968. The molecule has 0 heterocycles. The molecule has 2 amide bonds. The maximum absolute atomic E-state index is 13.9. The molecule has 7 heteroatoms. The Labute approximate surface area is 187 Å². The molecule has 154 valence electrons. The number of carbonyl (C=O) groups excluding carboxylic acids is 2. The monoisotopic (exact) mass is 486 g/mol. The van der Waals surface area contributed by atoms with E-state index in [0.29, 0.717) is 15.7 Å². The average molecular weight is 487 g/mol. The zero-order valence-corrected chi connectivity index (χ0v) is 18.8. The van der Waals surface area contributed by atoms with E-state index in [1.807, 2.05) is 37.3 Å². The number of aryl methyl sites for hydroxylation is 1. The Morgan fingerprint density at radius 3 is 2.40 bits per heavy atom. The highest BCUT2D eigenvalue weighted by molar-refractivity contribution is 9.10. The summed E-state index contributed by atoms with van der Waals surface area (Å²) in [6.07, 6.45) is 0. The molecule has 0 aromatic heterocycles. The zero-order valence-electron chi connectivity index (χ0n) is 16.4. The summed E-state index contributed by atoms with van der Waals surface area (Å²) in [4.78, 5) is 25.6. The van der Waals surface area contributed by atoms with E-state index in [1.165, 1.54) is 23.9 Å². The van der Waals surface area contributed by atoms with Gasteiger partial charge in [-0.3, -0.25) is 9.59 Å². The summed E-state index contributed by atoms with van der Waals surface area (Å²) in [5.41, 5.74) is 2.42. The van der Waals surface area contributed by atoms with Crippen molar-refractivity contribution in [3.63, 3.8) is 0 Å². The van der Waals surface area contributed by atoms with Gasteiger partial charge in [-0.05, 0) is 68.4 Å². The lowest BCUT2D eigenvalue weighted by Crippen LogP contribution is -2.22. The average Bonchev–Trinajstić information content (AvgIpc) is 2.71. The predicted octanol–water partition coefficient (Wildman–Crippen LogP) is 6.27. The standard InChI is InChI=1S/C23H20BrFN2O2S/c1-14-4-3-5-16(12-14)23(29)26-18-7-9-19(10-8-18)30-15(2)22(28)27-21-11-6-17(24)13-20(21)25/h3-13,15H,1-2H3,(H,26,29)(H,27,28). The fourth-order valence-electron chi connectivity index (χ4n) is 2.69. The number of carbonyl (C=O) groups is 2. The van der Waals surface area contributed by atoms with Crippen LogP contribution in [0.1, 0.15) is 22.8 Å². The third-order valence-corrected chi connectivity index (χ3v) is 5.87. The topological polar surface area (TPSA) is 58.2 Å². The van der Waals surface area contributed by atoms with Crippen LogP contribution in [0.15, 0.2) is 76.1 Å². The first-order valence-corrected chi connectivity index (χ1v) is 10.9. The van der Waals surface area contributed by atoms with Gasteiger partial charge in [0.1, 0.15) is 5.82 Å². The first-order valence-electron chi connectivity index (χ1n) is 9.22. The molecule has 0 saturated carbocycles. The van der Waals surface area contributed by atoms with Gasteiger partial charge in [0.05, 0.1) is 10.9 Å². The fourth-order valence-corrected chi connectivity index (χ4v) is 3.89. The minimum atomic E-state index is -0.497. The van der Waals surface area contributed by atoms with Gasteiger partial charge in [0.2, 0.25) is 5.91 Å². The number of amides is 2. The molecule has 0 fully saturated rings. The zero-order chi connectivity index (χ0) is 21.7. The highest BCUT2D eigenvalue weighted by Crippen LogP contribution is 2.27. The third kappa shape index (κ3) is 5.93. The Bertz CT molecular complexity index is 1070. The second-order valence-electron chi connectivity index (χ2n) is 6.72. The van der Waals surface area contributed by atoms with Crippen molar-refractivity contribution in [1.29, 1.82) is 0 Å². The molecule has 3 aromatic carbocycles. The summed E-state index contributed by atoms with van der Waals surface area (Å²) in [5, 5.41) is 5.03. The second-order valence-corrected chi connectivity index (χ2v) is 9.05. The molecule has 3 rings (SSSR count). The number of thioether (sulfide) groups is 1. The quantitative estimate of drug-likeness (QED) is 0.403. The van der Waals surface area contributed by atoms with Crippen molar-refractivity contribution in [2.45, 2.75) is 24.0 Å². The summed E-state index contributed by atoms with van der Waals surface area (Å²) in [7, 11) is 0. The number of halogens is 2. The van der Waals surface area contributed by atoms with Crippen molar-refractivity contribution in [3.05, 3.63) is 88.1 Å². The molecule has 0 radical (unpaired) electrons. The maximum Gasteiger partial charge on any atom is 0.255 e. The first kappa shape index (κ1) is 22.1. The van der Waals surface area contributed by atoms with Crippen molar-refractivity contribution in [1.82, 2.24) is 0 Å². The van der Waals surface area contributed by atoms with E-state index in [9.17, 15) is 14.0 Å². The molecule has 2 N–H and O–H groups in total. The van der Waals surface area contributed by atoms with E-state index in [1.54, 1.807) is 31.2 Å². The lowest BCUT2D eigenvalue weighted by molar-refractivity contribution is -0.115. The van der Waals surface area contributed by atoms with E-state index in [-0.39, 0.29) is 17.5 Å². The number of hydrogen-bond acceptors (Lipinski definition) is 3. The number of benzene rings is 3. The summed E-state index contributed by atoms with van der Waals surface area (Å²) in [6, 6.07) is 19.1. The molecule has 0 aliphatic heterocycles. The van der Waals surface area contributed by atoms with Crippen molar-refractivity contribution >= 4 is 50.9 Å². The SMILES string of the molecule is Cc1cccc(C(=O)Nc2ccc(SC(C)C(=O)Nc3ccc(Br)cc3F)cc2)c1. The van der Waals surface area contributed by atoms with Gasteiger partial charge in [0, 0.05) is 20.6 Å². The van der Waals surface area contributed by atoms with E-state index >= 15 is 0 Å². The van der Waals surface area contributed by atoms with Crippen LogP contribution in [0.2, 0.25) is 0 Å². The fraction of sp³-hybridized carbons (Fsp3) is 0.130. The van der Waals surface area contributed by atoms with Crippen LogP contribution >= 0.6 is 27.7 Å². The molecule has 0 aliphatic rings. The Morgan fingerprint density at radius 1 is 1.00 bits per heavy atom. The lowest BCUT2D eigenvalue weighted by atomic mass is 10.1. The minimum Gasteiger partial charge on any atom is -0.323 e. The van der Waals surface area contributed by atoms with Gasteiger partial charge < -0.3 is 10.6 Å². The summed E-state index contributed by atoms with van der Waals surface area (Å²) in [6.45, 7) is 3.69. The third-order valence-electron chi connectivity index (χ3n) is 4.26. The van der Waals surface area contributed by atoms with Gasteiger partial charge in [0.25, 0.3) is 5.91 Å². The van der Waals surface area contributed by atoms with E-state index in [2.05, 4.69) is 26.6 Å². The van der Waals surface area contributed by atoms with Crippen molar-refractivity contribution in [2.24, 2.45) is 0 Å². The smallest absolute Gasteiger partial charge is 0.255 e. The number of hydrogen-bond donors (Lipinski definition) is 2. The second kappa shape index (κ2) is 9.91. The molecular weight excluding hydrogens is 467 g/mol. The van der Waals surface area contributed by atoms with Gasteiger partial charge in [-0.1, -0.05) is 33.6 Å². The number of anilines is 2. The van der Waals surface area contributed by atoms with Gasteiger partial charge in [-0.25, -0.2) is 4.39 Å². The van der Waals surface area contributed by atoms with Gasteiger partial charge in [-0.15, -0.1) is 11.8 Å².